The zero-order valence-electron chi connectivity index (χ0n) is 10.7. The Balaban J connectivity index is 2.72. The van der Waals surface area contributed by atoms with Crippen molar-refractivity contribution in [2.45, 2.75) is 19.0 Å². The van der Waals surface area contributed by atoms with Crippen molar-refractivity contribution >= 4 is 17.4 Å². The molecule has 0 aliphatic rings. The Labute approximate surface area is 113 Å². The molecule has 0 fully saturated rings. The van der Waals surface area contributed by atoms with Gasteiger partial charge in [-0.1, -0.05) is 5.16 Å². The van der Waals surface area contributed by atoms with Crippen molar-refractivity contribution in [1.29, 1.82) is 0 Å². The Kier molecular flexibility index (Phi) is 4.95. The number of nitrogens with zero attached hydrogens (tertiary/aromatic N) is 2. The van der Waals surface area contributed by atoms with Crippen LogP contribution in [0.15, 0.2) is 29.4 Å². The SMILES string of the molecule is CN(C(=O)CCC(F)(F)F)c1ccc(C(N)=NO)cc1. The van der Waals surface area contributed by atoms with Crippen molar-refractivity contribution in [3.05, 3.63) is 29.8 Å². The van der Waals surface area contributed by atoms with Crippen LogP contribution in [-0.4, -0.2) is 30.2 Å². The van der Waals surface area contributed by atoms with Crippen LogP contribution in [0.1, 0.15) is 18.4 Å². The first-order chi connectivity index (χ1) is 9.24. The molecule has 1 aromatic rings. The fourth-order valence-electron chi connectivity index (χ4n) is 1.47. The maximum absolute atomic E-state index is 12.0. The second-order valence-corrected chi connectivity index (χ2v) is 4.10. The lowest BCUT2D eigenvalue weighted by molar-refractivity contribution is -0.142. The van der Waals surface area contributed by atoms with Crippen LogP contribution >= 0.6 is 0 Å². The molecule has 1 amide bonds. The summed E-state index contributed by atoms with van der Waals surface area (Å²) in [5.41, 5.74) is 6.23. The smallest absolute Gasteiger partial charge is 0.389 e. The summed E-state index contributed by atoms with van der Waals surface area (Å²) in [4.78, 5) is 12.7. The lowest BCUT2D eigenvalue weighted by Gasteiger charge is -2.18. The molecule has 0 bridgehead atoms. The number of amidine groups is 1. The predicted octanol–water partition coefficient (Wildman–Crippen LogP) is 2.09. The number of halogens is 3. The number of hydrogen-bond acceptors (Lipinski definition) is 3. The van der Waals surface area contributed by atoms with E-state index in [9.17, 15) is 18.0 Å². The number of oxime groups is 1. The lowest BCUT2D eigenvalue weighted by atomic mass is 10.1. The maximum Gasteiger partial charge on any atom is 0.389 e. The van der Waals surface area contributed by atoms with Gasteiger partial charge in [-0.05, 0) is 24.3 Å². The largest absolute Gasteiger partial charge is 0.409 e. The molecule has 110 valence electrons. The summed E-state index contributed by atoms with van der Waals surface area (Å²) in [6, 6.07) is 5.99. The van der Waals surface area contributed by atoms with Crippen molar-refractivity contribution in [2.24, 2.45) is 10.9 Å². The summed E-state index contributed by atoms with van der Waals surface area (Å²) in [5, 5.41) is 11.3. The van der Waals surface area contributed by atoms with Crippen LogP contribution in [0.4, 0.5) is 18.9 Å². The third-order valence-corrected chi connectivity index (χ3v) is 2.65. The van der Waals surface area contributed by atoms with E-state index in [1.807, 2.05) is 0 Å². The van der Waals surface area contributed by atoms with E-state index >= 15 is 0 Å². The minimum atomic E-state index is -4.35. The van der Waals surface area contributed by atoms with Crippen LogP contribution in [0.5, 0.6) is 0 Å². The molecule has 20 heavy (non-hydrogen) atoms. The van der Waals surface area contributed by atoms with Gasteiger partial charge < -0.3 is 15.8 Å². The first-order valence-corrected chi connectivity index (χ1v) is 5.66. The molecule has 0 aliphatic heterocycles. The Morgan fingerprint density at radius 2 is 1.90 bits per heavy atom. The molecule has 0 saturated carbocycles. The van der Waals surface area contributed by atoms with Crippen molar-refractivity contribution in [3.63, 3.8) is 0 Å². The van der Waals surface area contributed by atoms with E-state index in [4.69, 9.17) is 10.9 Å². The number of nitrogens with two attached hydrogens (primary N) is 1. The molecule has 1 rings (SSSR count). The monoisotopic (exact) mass is 289 g/mol. The average molecular weight is 289 g/mol. The van der Waals surface area contributed by atoms with Crippen LogP contribution in [0.2, 0.25) is 0 Å². The van der Waals surface area contributed by atoms with Crippen LogP contribution in [0.25, 0.3) is 0 Å². The second-order valence-electron chi connectivity index (χ2n) is 4.10. The summed E-state index contributed by atoms with van der Waals surface area (Å²) >= 11 is 0. The zero-order chi connectivity index (χ0) is 15.3. The molecule has 5 nitrogen and oxygen atoms in total. The summed E-state index contributed by atoms with van der Waals surface area (Å²) in [7, 11) is 1.39. The fraction of sp³-hybridized carbons (Fsp3) is 0.333. The number of amides is 1. The molecule has 0 aromatic heterocycles. The third kappa shape index (κ3) is 4.45. The van der Waals surface area contributed by atoms with E-state index in [0.717, 1.165) is 4.90 Å². The van der Waals surface area contributed by atoms with Gasteiger partial charge in [0, 0.05) is 24.7 Å². The third-order valence-electron chi connectivity index (χ3n) is 2.65. The highest BCUT2D eigenvalue weighted by molar-refractivity contribution is 5.98. The quantitative estimate of drug-likeness (QED) is 0.385. The van der Waals surface area contributed by atoms with Gasteiger partial charge >= 0.3 is 6.18 Å². The van der Waals surface area contributed by atoms with Gasteiger partial charge in [0.05, 0.1) is 6.42 Å². The van der Waals surface area contributed by atoms with Gasteiger partial charge in [-0.3, -0.25) is 4.79 Å². The molecule has 0 unspecified atom stereocenters. The Morgan fingerprint density at radius 1 is 1.35 bits per heavy atom. The standard InChI is InChI=1S/C12H14F3N3O2/c1-18(10(19)6-7-12(13,14)15)9-4-2-8(3-5-9)11(16)17-20/h2-5,20H,6-7H2,1H3,(H2,16,17). The first kappa shape index (κ1) is 15.8. The number of carbonyl (C=O) groups excluding carboxylic acids is 1. The highest BCUT2D eigenvalue weighted by Gasteiger charge is 2.28. The van der Waals surface area contributed by atoms with Crippen LogP contribution in [-0.2, 0) is 4.79 Å². The number of rotatable bonds is 4. The first-order valence-electron chi connectivity index (χ1n) is 5.66. The molecule has 0 aliphatic carbocycles. The Hall–Kier alpha value is -2.25. The van der Waals surface area contributed by atoms with Gasteiger partial charge in [0.25, 0.3) is 0 Å². The van der Waals surface area contributed by atoms with Crippen LogP contribution in [0.3, 0.4) is 0 Å². The van der Waals surface area contributed by atoms with Crippen molar-refractivity contribution in [1.82, 2.24) is 0 Å². The van der Waals surface area contributed by atoms with Crippen molar-refractivity contribution in [3.8, 4) is 0 Å². The summed E-state index contributed by atoms with van der Waals surface area (Å²) < 4.78 is 36.1. The Bertz CT molecular complexity index is 498. The van der Waals surface area contributed by atoms with E-state index in [-0.39, 0.29) is 5.84 Å². The van der Waals surface area contributed by atoms with E-state index in [2.05, 4.69) is 5.16 Å². The Morgan fingerprint density at radius 3 is 2.35 bits per heavy atom. The molecule has 0 heterocycles. The second kappa shape index (κ2) is 6.27. The lowest BCUT2D eigenvalue weighted by Crippen LogP contribution is -2.27. The molecule has 0 spiro atoms. The fourth-order valence-corrected chi connectivity index (χ4v) is 1.47. The van der Waals surface area contributed by atoms with E-state index < -0.39 is 24.9 Å². The van der Waals surface area contributed by atoms with Gasteiger partial charge in [0.1, 0.15) is 0 Å². The van der Waals surface area contributed by atoms with Crippen molar-refractivity contribution < 1.29 is 23.2 Å². The summed E-state index contributed by atoms with van der Waals surface area (Å²) in [6.45, 7) is 0. The average Bonchev–Trinajstić information content (AvgIpc) is 2.42. The number of benzene rings is 1. The van der Waals surface area contributed by atoms with Gasteiger partial charge in [-0.15, -0.1) is 0 Å². The number of hydrogen-bond donors (Lipinski definition) is 2. The van der Waals surface area contributed by atoms with E-state index in [1.165, 1.54) is 31.3 Å². The highest BCUT2D eigenvalue weighted by Crippen LogP contribution is 2.23. The van der Waals surface area contributed by atoms with Gasteiger partial charge in [-0.2, -0.15) is 13.2 Å². The molecular formula is C12H14F3N3O2. The van der Waals surface area contributed by atoms with Crippen LogP contribution in [0, 0.1) is 0 Å². The molecule has 3 N–H and O–H groups in total. The minimum Gasteiger partial charge on any atom is -0.409 e. The zero-order valence-corrected chi connectivity index (χ0v) is 10.7. The van der Waals surface area contributed by atoms with Crippen LogP contribution < -0.4 is 10.6 Å². The van der Waals surface area contributed by atoms with Gasteiger partial charge in [0.15, 0.2) is 5.84 Å². The molecule has 0 saturated heterocycles. The number of anilines is 1. The van der Waals surface area contributed by atoms with Gasteiger partial charge in [-0.25, -0.2) is 0 Å². The number of alkyl halides is 3. The predicted molar refractivity (Wildman–Crippen MR) is 67.7 cm³/mol. The minimum absolute atomic E-state index is 0.0948. The van der Waals surface area contributed by atoms with E-state index in [1.54, 1.807) is 0 Å². The molecule has 8 heteroatoms. The van der Waals surface area contributed by atoms with E-state index in [0.29, 0.717) is 11.3 Å². The molecule has 0 atom stereocenters. The normalized spacial score (nSPS) is 12.3. The topological polar surface area (TPSA) is 78.9 Å². The maximum atomic E-state index is 12.0. The highest BCUT2D eigenvalue weighted by atomic mass is 19.4. The van der Waals surface area contributed by atoms with Gasteiger partial charge in [0.2, 0.25) is 5.91 Å². The molecule has 0 radical (unpaired) electrons. The number of carbonyl (C=O) groups is 1. The summed E-state index contributed by atoms with van der Waals surface area (Å²) in [5.74, 6) is -0.735. The molecule has 1 aromatic carbocycles. The van der Waals surface area contributed by atoms with Crippen molar-refractivity contribution in [2.75, 3.05) is 11.9 Å². The summed E-state index contributed by atoms with van der Waals surface area (Å²) in [6.07, 6.45) is -6.12. The molecular weight excluding hydrogens is 275 g/mol.